The van der Waals surface area contributed by atoms with Gasteiger partial charge in [0.1, 0.15) is 11.8 Å². The fourth-order valence-corrected chi connectivity index (χ4v) is 1.07. The van der Waals surface area contributed by atoms with Gasteiger partial charge < -0.3 is 10.1 Å². The van der Waals surface area contributed by atoms with Gasteiger partial charge in [-0.3, -0.25) is 4.79 Å². The predicted octanol–water partition coefficient (Wildman–Crippen LogP) is 1.69. The number of benzene rings is 1. The Labute approximate surface area is 87.8 Å². The molecule has 0 aliphatic carbocycles. The highest BCUT2D eigenvalue weighted by Gasteiger charge is 2.04. The van der Waals surface area contributed by atoms with E-state index in [4.69, 9.17) is 10.00 Å². The average molecular weight is 202 g/mol. The molecule has 0 unspecified atom stereocenters. The lowest BCUT2D eigenvalue weighted by molar-refractivity contribution is -0.111. The van der Waals surface area contributed by atoms with E-state index in [0.29, 0.717) is 17.0 Å². The summed E-state index contributed by atoms with van der Waals surface area (Å²) < 4.78 is 4.97. The molecule has 0 fully saturated rings. The SMILES string of the molecule is C=CC(=O)Nc1ccc(OC)c(C#N)c1. The van der Waals surface area contributed by atoms with Gasteiger partial charge in [0.15, 0.2) is 0 Å². The van der Waals surface area contributed by atoms with E-state index < -0.39 is 0 Å². The van der Waals surface area contributed by atoms with Crippen molar-refractivity contribution < 1.29 is 9.53 Å². The Hall–Kier alpha value is -2.28. The van der Waals surface area contributed by atoms with E-state index in [2.05, 4.69) is 11.9 Å². The largest absolute Gasteiger partial charge is 0.495 e. The number of nitrogens with zero attached hydrogens (tertiary/aromatic N) is 1. The first kappa shape index (κ1) is 10.8. The third-order valence-corrected chi connectivity index (χ3v) is 1.77. The van der Waals surface area contributed by atoms with Crippen LogP contribution in [0.15, 0.2) is 30.9 Å². The number of hydrogen-bond acceptors (Lipinski definition) is 3. The zero-order chi connectivity index (χ0) is 11.3. The van der Waals surface area contributed by atoms with Crippen LogP contribution in [-0.2, 0) is 4.79 Å². The maximum atomic E-state index is 11.0. The number of rotatable bonds is 3. The van der Waals surface area contributed by atoms with E-state index in [1.165, 1.54) is 7.11 Å². The number of nitriles is 1. The number of carbonyl (C=O) groups excluding carboxylic acids is 1. The van der Waals surface area contributed by atoms with Crippen LogP contribution >= 0.6 is 0 Å². The van der Waals surface area contributed by atoms with E-state index in [-0.39, 0.29) is 5.91 Å². The smallest absolute Gasteiger partial charge is 0.247 e. The highest BCUT2D eigenvalue weighted by atomic mass is 16.5. The van der Waals surface area contributed by atoms with E-state index in [1.807, 2.05) is 6.07 Å². The molecular weight excluding hydrogens is 192 g/mol. The molecule has 1 N–H and O–H groups in total. The van der Waals surface area contributed by atoms with Crippen molar-refractivity contribution in [1.29, 1.82) is 5.26 Å². The van der Waals surface area contributed by atoms with Crippen molar-refractivity contribution in [3.8, 4) is 11.8 Å². The number of anilines is 1. The standard InChI is InChI=1S/C11H10N2O2/c1-3-11(14)13-9-4-5-10(15-2)8(6-9)7-12/h3-6H,1H2,2H3,(H,13,14). The minimum absolute atomic E-state index is 0.316. The molecule has 0 radical (unpaired) electrons. The summed E-state index contributed by atoms with van der Waals surface area (Å²) in [4.78, 5) is 11.0. The van der Waals surface area contributed by atoms with Gasteiger partial charge in [0.05, 0.1) is 12.7 Å². The monoisotopic (exact) mass is 202 g/mol. The maximum Gasteiger partial charge on any atom is 0.247 e. The van der Waals surface area contributed by atoms with Gasteiger partial charge in [-0.25, -0.2) is 0 Å². The van der Waals surface area contributed by atoms with Crippen LogP contribution < -0.4 is 10.1 Å². The second kappa shape index (κ2) is 4.82. The molecule has 0 atom stereocenters. The zero-order valence-corrected chi connectivity index (χ0v) is 8.28. The van der Waals surface area contributed by atoms with Gasteiger partial charge in [-0.05, 0) is 24.3 Å². The molecule has 0 saturated carbocycles. The van der Waals surface area contributed by atoms with E-state index in [1.54, 1.807) is 18.2 Å². The van der Waals surface area contributed by atoms with Crippen molar-refractivity contribution in [3.63, 3.8) is 0 Å². The molecule has 0 aliphatic heterocycles. The molecule has 1 aromatic rings. The van der Waals surface area contributed by atoms with Crippen LogP contribution in [0.5, 0.6) is 5.75 Å². The molecule has 15 heavy (non-hydrogen) atoms. The highest BCUT2D eigenvalue weighted by Crippen LogP contribution is 2.21. The molecule has 0 bridgehead atoms. The molecule has 0 spiro atoms. The molecule has 0 aliphatic rings. The third-order valence-electron chi connectivity index (χ3n) is 1.77. The molecule has 4 heteroatoms. The molecule has 0 heterocycles. The molecule has 1 amide bonds. The second-order valence-electron chi connectivity index (χ2n) is 2.72. The minimum Gasteiger partial charge on any atom is -0.495 e. The van der Waals surface area contributed by atoms with Gasteiger partial charge in [0.2, 0.25) is 5.91 Å². The summed E-state index contributed by atoms with van der Waals surface area (Å²) in [5, 5.41) is 11.4. The van der Waals surface area contributed by atoms with Crippen molar-refractivity contribution in [2.75, 3.05) is 12.4 Å². The van der Waals surface area contributed by atoms with Crippen molar-refractivity contribution in [3.05, 3.63) is 36.4 Å². The number of ether oxygens (including phenoxy) is 1. The number of carbonyl (C=O) groups is 1. The molecule has 0 saturated heterocycles. The fourth-order valence-electron chi connectivity index (χ4n) is 1.07. The Balaban J connectivity index is 2.99. The highest BCUT2D eigenvalue weighted by molar-refractivity contribution is 5.99. The van der Waals surface area contributed by atoms with E-state index in [0.717, 1.165) is 6.08 Å². The molecule has 1 aromatic carbocycles. The van der Waals surface area contributed by atoms with E-state index in [9.17, 15) is 4.79 Å². The Morgan fingerprint density at radius 3 is 2.93 bits per heavy atom. The number of nitrogens with one attached hydrogen (secondary N) is 1. The fraction of sp³-hybridized carbons (Fsp3) is 0.0909. The predicted molar refractivity (Wildman–Crippen MR) is 56.5 cm³/mol. The normalized spacial score (nSPS) is 8.80. The Morgan fingerprint density at radius 1 is 1.67 bits per heavy atom. The van der Waals surface area contributed by atoms with Crippen LogP contribution in [0.3, 0.4) is 0 Å². The molecule has 0 aromatic heterocycles. The number of methoxy groups -OCH3 is 1. The van der Waals surface area contributed by atoms with Crippen LogP contribution in [-0.4, -0.2) is 13.0 Å². The summed E-state index contributed by atoms with van der Waals surface area (Å²) in [6.07, 6.45) is 1.16. The van der Waals surface area contributed by atoms with Crippen LogP contribution in [0.4, 0.5) is 5.69 Å². The lowest BCUT2D eigenvalue weighted by atomic mass is 10.2. The quantitative estimate of drug-likeness (QED) is 0.758. The van der Waals surface area contributed by atoms with Gasteiger partial charge in [0.25, 0.3) is 0 Å². The van der Waals surface area contributed by atoms with Crippen molar-refractivity contribution >= 4 is 11.6 Å². The van der Waals surface area contributed by atoms with Crippen LogP contribution in [0.1, 0.15) is 5.56 Å². The first-order chi connectivity index (χ1) is 7.21. The lowest BCUT2D eigenvalue weighted by Gasteiger charge is -2.05. The molecule has 1 rings (SSSR count). The van der Waals surface area contributed by atoms with Gasteiger partial charge in [0, 0.05) is 5.69 Å². The second-order valence-corrected chi connectivity index (χ2v) is 2.72. The number of amides is 1. The first-order valence-corrected chi connectivity index (χ1v) is 4.23. The van der Waals surface area contributed by atoms with E-state index >= 15 is 0 Å². The summed E-state index contributed by atoms with van der Waals surface area (Å²) in [6.45, 7) is 3.33. The van der Waals surface area contributed by atoms with Crippen LogP contribution in [0.25, 0.3) is 0 Å². The average Bonchev–Trinajstić information content (AvgIpc) is 2.28. The summed E-state index contributed by atoms with van der Waals surface area (Å²) in [6, 6.07) is 6.79. The maximum absolute atomic E-state index is 11.0. The summed E-state index contributed by atoms with van der Waals surface area (Å²) in [5.41, 5.74) is 0.914. The topological polar surface area (TPSA) is 62.1 Å². The Kier molecular flexibility index (Phi) is 3.47. The lowest BCUT2D eigenvalue weighted by Crippen LogP contribution is -2.07. The Bertz CT molecular complexity index is 433. The summed E-state index contributed by atoms with van der Waals surface area (Å²) >= 11 is 0. The first-order valence-electron chi connectivity index (χ1n) is 4.23. The van der Waals surface area contributed by atoms with Crippen LogP contribution in [0, 0.1) is 11.3 Å². The Morgan fingerprint density at radius 2 is 2.40 bits per heavy atom. The minimum atomic E-state index is -0.316. The van der Waals surface area contributed by atoms with Crippen molar-refractivity contribution in [1.82, 2.24) is 0 Å². The number of hydrogen-bond donors (Lipinski definition) is 1. The third kappa shape index (κ3) is 2.58. The zero-order valence-electron chi connectivity index (χ0n) is 8.28. The molecule has 4 nitrogen and oxygen atoms in total. The van der Waals surface area contributed by atoms with Gasteiger partial charge >= 0.3 is 0 Å². The van der Waals surface area contributed by atoms with Crippen molar-refractivity contribution in [2.24, 2.45) is 0 Å². The van der Waals surface area contributed by atoms with Gasteiger partial charge in [-0.1, -0.05) is 6.58 Å². The molecule has 76 valence electrons. The van der Waals surface area contributed by atoms with Crippen LogP contribution in [0.2, 0.25) is 0 Å². The van der Waals surface area contributed by atoms with Gasteiger partial charge in [-0.2, -0.15) is 5.26 Å². The van der Waals surface area contributed by atoms with Crippen molar-refractivity contribution in [2.45, 2.75) is 0 Å². The summed E-state index contributed by atoms with van der Waals surface area (Å²) in [7, 11) is 1.48. The summed E-state index contributed by atoms with van der Waals surface area (Å²) in [5.74, 6) is 0.165. The molecular formula is C11H10N2O2. The van der Waals surface area contributed by atoms with Gasteiger partial charge in [-0.15, -0.1) is 0 Å².